The van der Waals surface area contributed by atoms with Crippen molar-refractivity contribution in [2.45, 2.75) is 20.8 Å². The van der Waals surface area contributed by atoms with Crippen LogP contribution in [0.5, 0.6) is 0 Å². The Hall–Kier alpha value is -2.30. The van der Waals surface area contributed by atoms with E-state index in [0.717, 1.165) is 11.8 Å². The molecule has 19 heavy (non-hydrogen) atoms. The second-order valence-corrected chi connectivity index (χ2v) is 3.78. The van der Waals surface area contributed by atoms with Crippen molar-refractivity contribution in [2.75, 3.05) is 0 Å². The Balaban J connectivity index is 5.38. The van der Waals surface area contributed by atoms with Gasteiger partial charge < -0.3 is 5.84 Å². The SMILES string of the molecule is C=N\C=C(F)/C=C(C)\C(=C/C)C(\N=C/C(=C)C)=N\N. The van der Waals surface area contributed by atoms with Gasteiger partial charge in [0.05, 0.1) is 6.20 Å². The molecular formula is C14H19FN4. The zero-order valence-corrected chi connectivity index (χ0v) is 11.5. The minimum atomic E-state index is -0.507. The molecule has 0 radical (unpaired) electrons. The van der Waals surface area contributed by atoms with Crippen LogP contribution >= 0.6 is 0 Å². The summed E-state index contributed by atoms with van der Waals surface area (Å²) in [4.78, 5) is 7.45. The van der Waals surface area contributed by atoms with Crippen molar-refractivity contribution in [3.63, 3.8) is 0 Å². The number of amidine groups is 1. The van der Waals surface area contributed by atoms with E-state index in [1.54, 1.807) is 33.1 Å². The zero-order chi connectivity index (χ0) is 14.8. The lowest BCUT2D eigenvalue weighted by molar-refractivity contribution is 0.662. The third kappa shape index (κ3) is 6.26. The molecule has 0 atom stereocenters. The largest absolute Gasteiger partial charge is 0.321 e. The fourth-order valence-corrected chi connectivity index (χ4v) is 1.29. The predicted molar refractivity (Wildman–Crippen MR) is 81.2 cm³/mol. The van der Waals surface area contributed by atoms with Gasteiger partial charge in [0.2, 0.25) is 0 Å². The molecule has 102 valence electrons. The van der Waals surface area contributed by atoms with Crippen molar-refractivity contribution in [1.29, 1.82) is 0 Å². The van der Waals surface area contributed by atoms with Crippen LogP contribution in [0.2, 0.25) is 0 Å². The fraction of sp³-hybridized carbons (Fsp3) is 0.214. The maximum atomic E-state index is 13.3. The molecule has 0 unspecified atom stereocenters. The summed E-state index contributed by atoms with van der Waals surface area (Å²) in [6.45, 7) is 12.2. The number of rotatable bonds is 5. The summed E-state index contributed by atoms with van der Waals surface area (Å²) in [5, 5.41) is 3.60. The van der Waals surface area contributed by atoms with Crippen LogP contribution in [0.4, 0.5) is 4.39 Å². The summed E-state index contributed by atoms with van der Waals surface area (Å²) in [6, 6.07) is 0. The molecule has 4 nitrogen and oxygen atoms in total. The minimum Gasteiger partial charge on any atom is -0.321 e. The molecule has 2 N–H and O–H groups in total. The standard InChI is InChI=1S/C14H19FN4/c1-6-13(11(4)7-12(15)9-17-5)14(19-16)18-8-10(2)3/h6-9H,2,5,16H2,1,3-4H3/b11-7-,12-9+,13-6+,18-8-,19-14-. The second kappa shape index (κ2) is 8.74. The van der Waals surface area contributed by atoms with E-state index < -0.39 is 5.83 Å². The first-order valence-corrected chi connectivity index (χ1v) is 5.60. The highest BCUT2D eigenvalue weighted by molar-refractivity contribution is 6.07. The van der Waals surface area contributed by atoms with Crippen molar-refractivity contribution in [1.82, 2.24) is 0 Å². The first-order chi connectivity index (χ1) is 8.96. The van der Waals surface area contributed by atoms with Gasteiger partial charge in [-0.2, -0.15) is 5.10 Å². The molecule has 0 aromatic carbocycles. The topological polar surface area (TPSA) is 63.1 Å². The molecule has 0 aliphatic heterocycles. The van der Waals surface area contributed by atoms with Crippen LogP contribution < -0.4 is 5.84 Å². The molecule has 0 aliphatic carbocycles. The Bertz CT molecular complexity index is 494. The van der Waals surface area contributed by atoms with Crippen LogP contribution in [0.1, 0.15) is 20.8 Å². The summed E-state index contributed by atoms with van der Waals surface area (Å²) in [5.41, 5.74) is 2.02. The molecule has 0 saturated carbocycles. The number of nitrogens with two attached hydrogens (primary N) is 1. The van der Waals surface area contributed by atoms with Gasteiger partial charge >= 0.3 is 0 Å². The molecule has 0 spiro atoms. The van der Waals surface area contributed by atoms with Crippen molar-refractivity contribution in [3.8, 4) is 0 Å². The number of hydrazone groups is 1. The Morgan fingerprint density at radius 3 is 2.37 bits per heavy atom. The van der Waals surface area contributed by atoms with Gasteiger partial charge in [-0.3, -0.25) is 4.99 Å². The maximum absolute atomic E-state index is 13.3. The first-order valence-electron chi connectivity index (χ1n) is 5.60. The van der Waals surface area contributed by atoms with Crippen LogP contribution in [0, 0.1) is 0 Å². The Morgan fingerprint density at radius 1 is 1.32 bits per heavy atom. The lowest BCUT2D eigenvalue weighted by Crippen LogP contribution is -2.05. The van der Waals surface area contributed by atoms with E-state index >= 15 is 0 Å². The molecule has 0 aromatic rings. The van der Waals surface area contributed by atoms with E-state index in [4.69, 9.17) is 5.84 Å². The van der Waals surface area contributed by atoms with Gasteiger partial charge in [-0.1, -0.05) is 12.7 Å². The molecule has 0 bridgehead atoms. The molecule has 0 amide bonds. The van der Waals surface area contributed by atoms with Crippen LogP contribution in [0.25, 0.3) is 0 Å². The van der Waals surface area contributed by atoms with Gasteiger partial charge in [0, 0.05) is 11.8 Å². The van der Waals surface area contributed by atoms with Crippen molar-refractivity contribution >= 4 is 18.8 Å². The summed E-state index contributed by atoms with van der Waals surface area (Å²) < 4.78 is 13.3. The van der Waals surface area contributed by atoms with Crippen LogP contribution in [0.3, 0.4) is 0 Å². The molecule has 0 saturated heterocycles. The number of hydrogen-bond donors (Lipinski definition) is 1. The highest BCUT2D eigenvalue weighted by Gasteiger charge is 2.07. The maximum Gasteiger partial charge on any atom is 0.178 e. The summed E-state index contributed by atoms with van der Waals surface area (Å²) in [5.74, 6) is 5.10. The average Bonchev–Trinajstić information content (AvgIpc) is 2.33. The Morgan fingerprint density at radius 2 is 1.95 bits per heavy atom. The number of nitrogens with zero attached hydrogens (tertiary/aromatic N) is 3. The lowest BCUT2D eigenvalue weighted by atomic mass is 10.1. The molecular weight excluding hydrogens is 243 g/mol. The van der Waals surface area contributed by atoms with E-state index in [1.807, 2.05) is 0 Å². The van der Waals surface area contributed by atoms with Crippen LogP contribution in [-0.2, 0) is 0 Å². The third-order valence-corrected chi connectivity index (χ3v) is 2.05. The van der Waals surface area contributed by atoms with Crippen LogP contribution in [0.15, 0.2) is 62.6 Å². The summed E-state index contributed by atoms with van der Waals surface area (Å²) >= 11 is 0. The normalized spacial score (nSPS) is 14.9. The Kier molecular flexibility index (Phi) is 7.68. The number of allylic oxidation sites excluding steroid dienone is 4. The zero-order valence-electron chi connectivity index (χ0n) is 11.5. The van der Waals surface area contributed by atoms with Crippen LogP contribution in [-0.4, -0.2) is 18.8 Å². The molecule has 0 heterocycles. The molecule has 0 aliphatic rings. The Labute approximate surface area is 113 Å². The molecule has 5 heteroatoms. The van der Waals surface area contributed by atoms with E-state index in [1.165, 1.54) is 6.08 Å². The quantitative estimate of drug-likeness (QED) is 0.267. The van der Waals surface area contributed by atoms with E-state index in [9.17, 15) is 4.39 Å². The highest BCUT2D eigenvalue weighted by atomic mass is 19.1. The highest BCUT2D eigenvalue weighted by Crippen LogP contribution is 2.15. The number of hydrogen-bond acceptors (Lipinski definition) is 3. The van der Waals surface area contributed by atoms with Crippen molar-refractivity contribution in [2.24, 2.45) is 20.9 Å². The minimum absolute atomic E-state index is 0.304. The van der Waals surface area contributed by atoms with Gasteiger partial charge in [0.1, 0.15) is 5.83 Å². The molecule has 0 aromatic heterocycles. The van der Waals surface area contributed by atoms with Crippen molar-refractivity contribution < 1.29 is 4.39 Å². The first kappa shape index (κ1) is 16.7. The molecule has 0 fully saturated rings. The number of halogens is 1. The average molecular weight is 262 g/mol. The predicted octanol–water partition coefficient (Wildman–Crippen LogP) is 3.31. The third-order valence-electron chi connectivity index (χ3n) is 2.05. The van der Waals surface area contributed by atoms with Gasteiger partial charge in [-0.05, 0) is 44.7 Å². The lowest BCUT2D eigenvalue weighted by Gasteiger charge is -2.06. The van der Waals surface area contributed by atoms with Crippen molar-refractivity contribution in [3.05, 3.63) is 47.5 Å². The molecule has 0 rings (SSSR count). The summed E-state index contributed by atoms with van der Waals surface area (Å²) in [7, 11) is 0. The van der Waals surface area contributed by atoms with Gasteiger partial charge in [-0.25, -0.2) is 9.38 Å². The van der Waals surface area contributed by atoms with E-state index in [0.29, 0.717) is 17.0 Å². The summed E-state index contributed by atoms with van der Waals surface area (Å²) in [6.07, 6.45) is 5.63. The second-order valence-electron chi connectivity index (χ2n) is 3.78. The van der Waals surface area contributed by atoms with Gasteiger partial charge in [0.25, 0.3) is 0 Å². The monoisotopic (exact) mass is 262 g/mol. The number of aliphatic imine (C=N–C) groups is 2. The fourth-order valence-electron chi connectivity index (χ4n) is 1.29. The van der Waals surface area contributed by atoms with Gasteiger partial charge in [0.15, 0.2) is 5.84 Å². The smallest absolute Gasteiger partial charge is 0.178 e. The van der Waals surface area contributed by atoms with E-state index in [-0.39, 0.29) is 0 Å². The van der Waals surface area contributed by atoms with E-state index in [2.05, 4.69) is 28.4 Å². The van der Waals surface area contributed by atoms with Gasteiger partial charge in [-0.15, -0.1) is 0 Å².